The van der Waals surface area contributed by atoms with Crippen molar-refractivity contribution in [2.45, 2.75) is 33.2 Å². The van der Waals surface area contributed by atoms with Crippen LogP contribution in [0.15, 0.2) is 6.20 Å². The van der Waals surface area contributed by atoms with Gasteiger partial charge in [-0.2, -0.15) is 0 Å². The summed E-state index contributed by atoms with van der Waals surface area (Å²) in [4.78, 5) is 10.9. The Bertz CT molecular complexity index is 358. The van der Waals surface area contributed by atoms with E-state index in [0.29, 0.717) is 0 Å². The fraction of sp³-hybridized carbons (Fsp3) is 0.667. The van der Waals surface area contributed by atoms with E-state index in [1.807, 2.05) is 13.8 Å². The highest BCUT2D eigenvalue weighted by atomic mass is 15.2. The van der Waals surface area contributed by atoms with Crippen molar-refractivity contribution in [1.29, 1.82) is 0 Å². The first kappa shape index (κ1) is 12.9. The molecule has 0 amide bonds. The van der Waals surface area contributed by atoms with Gasteiger partial charge in [0, 0.05) is 18.3 Å². The third-order valence-corrected chi connectivity index (χ3v) is 2.97. The summed E-state index contributed by atoms with van der Waals surface area (Å²) >= 11 is 0. The Balaban J connectivity index is 2.71. The molecule has 0 saturated carbocycles. The number of hydrogen-bond acceptors (Lipinski definition) is 4. The summed E-state index contributed by atoms with van der Waals surface area (Å²) in [7, 11) is 4.16. The first-order chi connectivity index (χ1) is 7.33. The van der Waals surface area contributed by atoms with Crippen molar-refractivity contribution in [3.8, 4) is 0 Å². The van der Waals surface area contributed by atoms with Crippen LogP contribution in [0.2, 0.25) is 0 Å². The van der Waals surface area contributed by atoms with Gasteiger partial charge in [-0.25, -0.2) is 4.98 Å². The first-order valence-corrected chi connectivity index (χ1v) is 5.54. The second-order valence-electron chi connectivity index (χ2n) is 5.01. The van der Waals surface area contributed by atoms with E-state index < -0.39 is 0 Å². The smallest absolute Gasteiger partial charge is 0.147 e. The SMILES string of the molecule is Cc1cnc(C)c(NCC(C)(C)N(C)C)n1. The standard InChI is InChI=1S/C12H22N4/c1-9-7-13-10(2)11(15-9)14-8-12(3,4)16(5)6/h7H,8H2,1-6H3,(H,14,15). The van der Waals surface area contributed by atoms with Gasteiger partial charge in [0.2, 0.25) is 0 Å². The van der Waals surface area contributed by atoms with E-state index in [9.17, 15) is 0 Å². The maximum atomic E-state index is 4.44. The van der Waals surface area contributed by atoms with E-state index in [2.05, 4.69) is 48.1 Å². The second-order valence-corrected chi connectivity index (χ2v) is 5.01. The maximum absolute atomic E-state index is 4.44. The zero-order valence-electron chi connectivity index (χ0n) is 11.1. The molecule has 0 unspecified atom stereocenters. The van der Waals surface area contributed by atoms with E-state index in [0.717, 1.165) is 23.8 Å². The lowest BCUT2D eigenvalue weighted by Crippen LogP contribution is -2.44. The van der Waals surface area contributed by atoms with Crippen LogP contribution in [-0.4, -0.2) is 41.0 Å². The second kappa shape index (κ2) is 4.78. The van der Waals surface area contributed by atoms with Crippen LogP contribution in [-0.2, 0) is 0 Å². The highest BCUT2D eigenvalue weighted by Gasteiger charge is 2.20. The van der Waals surface area contributed by atoms with Gasteiger partial charge in [-0.05, 0) is 41.8 Å². The molecule has 0 fully saturated rings. The van der Waals surface area contributed by atoms with Gasteiger partial charge in [-0.3, -0.25) is 4.98 Å². The molecule has 90 valence electrons. The van der Waals surface area contributed by atoms with E-state index in [4.69, 9.17) is 0 Å². The number of rotatable bonds is 4. The summed E-state index contributed by atoms with van der Waals surface area (Å²) in [5.41, 5.74) is 1.98. The van der Waals surface area contributed by atoms with Crippen molar-refractivity contribution in [2.75, 3.05) is 26.0 Å². The van der Waals surface area contributed by atoms with Crippen molar-refractivity contribution in [1.82, 2.24) is 14.9 Å². The largest absolute Gasteiger partial charge is 0.367 e. The minimum Gasteiger partial charge on any atom is -0.367 e. The summed E-state index contributed by atoms with van der Waals surface area (Å²) in [6, 6.07) is 0. The molecule has 0 atom stereocenters. The molecule has 1 aromatic heterocycles. The van der Waals surface area contributed by atoms with E-state index in [-0.39, 0.29) is 5.54 Å². The van der Waals surface area contributed by atoms with Crippen molar-refractivity contribution in [2.24, 2.45) is 0 Å². The minimum absolute atomic E-state index is 0.0951. The molecule has 4 nitrogen and oxygen atoms in total. The Hall–Kier alpha value is -1.16. The van der Waals surface area contributed by atoms with E-state index in [1.165, 1.54) is 0 Å². The van der Waals surface area contributed by atoms with Gasteiger partial charge in [-0.15, -0.1) is 0 Å². The van der Waals surface area contributed by atoms with Crippen molar-refractivity contribution >= 4 is 5.82 Å². The van der Waals surface area contributed by atoms with E-state index in [1.54, 1.807) is 6.20 Å². The van der Waals surface area contributed by atoms with Crippen LogP contribution < -0.4 is 5.32 Å². The predicted molar refractivity (Wildman–Crippen MR) is 67.8 cm³/mol. The Morgan fingerprint density at radius 1 is 1.31 bits per heavy atom. The van der Waals surface area contributed by atoms with Crippen LogP contribution in [0.5, 0.6) is 0 Å². The molecule has 0 bridgehead atoms. The molecule has 1 heterocycles. The molecule has 0 aliphatic carbocycles. The lowest BCUT2D eigenvalue weighted by molar-refractivity contribution is 0.210. The highest BCUT2D eigenvalue weighted by molar-refractivity contribution is 5.39. The summed E-state index contributed by atoms with van der Waals surface area (Å²) in [5, 5.41) is 3.36. The van der Waals surface area contributed by atoms with Crippen LogP contribution in [0.25, 0.3) is 0 Å². The molecule has 0 spiro atoms. The molecule has 0 aromatic carbocycles. The summed E-state index contributed by atoms with van der Waals surface area (Å²) in [6.45, 7) is 9.15. The molecule has 4 heteroatoms. The normalized spacial score (nSPS) is 11.9. The molecule has 1 aromatic rings. The highest BCUT2D eigenvalue weighted by Crippen LogP contribution is 2.13. The van der Waals surface area contributed by atoms with Crippen molar-refractivity contribution in [3.05, 3.63) is 17.6 Å². The number of anilines is 1. The van der Waals surface area contributed by atoms with E-state index >= 15 is 0 Å². The molecule has 16 heavy (non-hydrogen) atoms. The van der Waals surface area contributed by atoms with Crippen molar-refractivity contribution in [3.63, 3.8) is 0 Å². The summed E-state index contributed by atoms with van der Waals surface area (Å²) < 4.78 is 0. The van der Waals surface area contributed by atoms with Crippen LogP contribution in [0.3, 0.4) is 0 Å². The van der Waals surface area contributed by atoms with Gasteiger partial charge in [0.05, 0.1) is 11.4 Å². The summed E-state index contributed by atoms with van der Waals surface area (Å²) in [6.07, 6.45) is 1.79. The topological polar surface area (TPSA) is 41.1 Å². The number of likely N-dealkylation sites (N-methyl/N-ethyl adjacent to an activating group) is 1. The Morgan fingerprint density at radius 2 is 1.94 bits per heavy atom. The lowest BCUT2D eigenvalue weighted by Gasteiger charge is -2.32. The van der Waals surface area contributed by atoms with Gasteiger partial charge in [0.15, 0.2) is 0 Å². The Labute approximate surface area is 98.1 Å². The van der Waals surface area contributed by atoms with Gasteiger partial charge in [-0.1, -0.05) is 0 Å². The monoisotopic (exact) mass is 222 g/mol. The molecule has 0 aliphatic rings. The predicted octanol–water partition coefficient (Wildman–Crippen LogP) is 1.85. The molecular formula is C12H22N4. The number of nitrogens with zero attached hydrogens (tertiary/aromatic N) is 3. The average Bonchev–Trinajstić information content (AvgIpc) is 2.19. The number of aryl methyl sites for hydroxylation is 2. The van der Waals surface area contributed by atoms with Crippen LogP contribution in [0.1, 0.15) is 25.2 Å². The fourth-order valence-electron chi connectivity index (χ4n) is 1.16. The Morgan fingerprint density at radius 3 is 2.50 bits per heavy atom. The van der Waals surface area contributed by atoms with Crippen molar-refractivity contribution < 1.29 is 0 Å². The molecule has 1 N–H and O–H groups in total. The number of hydrogen-bond donors (Lipinski definition) is 1. The van der Waals surface area contributed by atoms with Crippen LogP contribution in [0, 0.1) is 13.8 Å². The average molecular weight is 222 g/mol. The molecule has 1 rings (SSSR count). The molecular weight excluding hydrogens is 200 g/mol. The number of nitrogens with one attached hydrogen (secondary N) is 1. The van der Waals surface area contributed by atoms with Crippen LogP contribution >= 0.6 is 0 Å². The maximum Gasteiger partial charge on any atom is 0.147 e. The zero-order valence-corrected chi connectivity index (χ0v) is 11.1. The molecule has 0 aliphatic heterocycles. The Kier molecular flexibility index (Phi) is 3.86. The fourth-order valence-corrected chi connectivity index (χ4v) is 1.16. The van der Waals surface area contributed by atoms with Gasteiger partial charge < -0.3 is 10.2 Å². The van der Waals surface area contributed by atoms with Gasteiger partial charge in [0.25, 0.3) is 0 Å². The summed E-state index contributed by atoms with van der Waals surface area (Å²) in [5.74, 6) is 0.884. The third-order valence-electron chi connectivity index (χ3n) is 2.97. The third kappa shape index (κ3) is 3.17. The molecule has 0 radical (unpaired) electrons. The quantitative estimate of drug-likeness (QED) is 0.844. The number of aromatic nitrogens is 2. The van der Waals surface area contributed by atoms with Gasteiger partial charge >= 0.3 is 0 Å². The lowest BCUT2D eigenvalue weighted by atomic mass is 10.0. The van der Waals surface area contributed by atoms with Gasteiger partial charge in [0.1, 0.15) is 5.82 Å². The zero-order chi connectivity index (χ0) is 12.3. The molecule has 0 saturated heterocycles. The minimum atomic E-state index is 0.0951. The van der Waals surface area contributed by atoms with Crippen LogP contribution in [0.4, 0.5) is 5.82 Å². The first-order valence-electron chi connectivity index (χ1n) is 5.54.